The molecular weight excluding hydrogens is 266 g/mol. The van der Waals surface area contributed by atoms with Crippen molar-refractivity contribution in [2.24, 2.45) is 0 Å². The Kier molecular flexibility index (Phi) is 3.83. The SMILES string of the molecule is CC[C@@]1(C)Cc2nc(N3CCOCC3)c(C#N)cc2CO1. The highest BCUT2D eigenvalue weighted by Crippen LogP contribution is 2.32. The summed E-state index contributed by atoms with van der Waals surface area (Å²) >= 11 is 0. The van der Waals surface area contributed by atoms with Gasteiger partial charge in [-0.1, -0.05) is 6.92 Å². The van der Waals surface area contributed by atoms with Gasteiger partial charge in [0.25, 0.3) is 0 Å². The number of nitriles is 1. The standard InChI is InChI=1S/C16H21N3O2/c1-3-16(2)9-14-13(11-21-16)8-12(10-17)15(18-14)19-4-6-20-7-5-19/h8H,3-7,9,11H2,1-2H3/t16-/m0/s1. The number of pyridine rings is 1. The predicted octanol–water partition coefficient (Wildman–Crippen LogP) is 2.03. The molecule has 0 aliphatic carbocycles. The highest BCUT2D eigenvalue weighted by atomic mass is 16.5. The van der Waals surface area contributed by atoms with Crippen LogP contribution in [0.3, 0.4) is 0 Å². The van der Waals surface area contributed by atoms with Crippen molar-refractivity contribution in [1.29, 1.82) is 5.26 Å². The average Bonchev–Trinajstić information content (AvgIpc) is 2.54. The molecule has 3 rings (SSSR count). The van der Waals surface area contributed by atoms with E-state index >= 15 is 0 Å². The maximum Gasteiger partial charge on any atom is 0.146 e. The molecule has 5 heteroatoms. The monoisotopic (exact) mass is 287 g/mol. The van der Waals surface area contributed by atoms with Crippen molar-refractivity contribution in [2.75, 3.05) is 31.2 Å². The van der Waals surface area contributed by atoms with E-state index in [9.17, 15) is 5.26 Å². The molecule has 0 unspecified atom stereocenters. The van der Waals surface area contributed by atoms with Gasteiger partial charge >= 0.3 is 0 Å². The Balaban J connectivity index is 1.97. The van der Waals surface area contributed by atoms with Crippen LogP contribution in [0, 0.1) is 11.3 Å². The van der Waals surface area contributed by atoms with E-state index in [-0.39, 0.29) is 5.60 Å². The van der Waals surface area contributed by atoms with E-state index in [1.165, 1.54) is 0 Å². The third kappa shape index (κ3) is 2.74. The second-order valence-corrected chi connectivity index (χ2v) is 5.95. The summed E-state index contributed by atoms with van der Waals surface area (Å²) in [5.74, 6) is 0.805. The molecule has 0 bridgehead atoms. The predicted molar refractivity (Wildman–Crippen MR) is 79.2 cm³/mol. The highest BCUT2D eigenvalue weighted by Gasteiger charge is 2.31. The smallest absolute Gasteiger partial charge is 0.146 e. The van der Waals surface area contributed by atoms with Crippen molar-refractivity contribution < 1.29 is 9.47 Å². The van der Waals surface area contributed by atoms with Crippen LogP contribution in [-0.2, 0) is 22.5 Å². The van der Waals surface area contributed by atoms with E-state index < -0.39 is 0 Å². The van der Waals surface area contributed by atoms with E-state index in [1.807, 2.05) is 6.07 Å². The number of aromatic nitrogens is 1. The Labute approximate surface area is 125 Å². The normalized spacial score (nSPS) is 25.3. The van der Waals surface area contributed by atoms with Gasteiger partial charge in [0, 0.05) is 25.1 Å². The number of ether oxygens (including phenoxy) is 2. The van der Waals surface area contributed by atoms with E-state index in [4.69, 9.17) is 14.5 Å². The maximum absolute atomic E-state index is 9.41. The second-order valence-electron chi connectivity index (χ2n) is 5.95. The zero-order valence-electron chi connectivity index (χ0n) is 12.7. The molecule has 0 spiro atoms. The van der Waals surface area contributed by atoms with Crippen molar-refractivity contribution >= 4 is 5.82 Å². The van der Waals surface area contributed by atoms with Gasteiger partial charge in [-0.2, -0.15) is 5.26 Å². The van der Waals surface area contributed by atoms with Gasteiger partial charge < -0.3 is 14.4 Å². The summed E-state index contributed by atoms with van der Waals surface area (Å²) in [6, 6.07) is 4.22. The summed E-state index contributed by atoms with van der Waals surface area (Å²) < 4.78 is 11.3. The molecule has 0 saturated carbocycles. The van der Waals surface area contributed by atoms with E-state index in [2.05, 4.69) is 24.8 Å². The van der Waals surface area contributed by atoms with E-state index in [1.54, 1.807) is 0 Å². The molecule has 1 atom stereocenters. The van der Waals surface area contributed by atoms with Gasteiger partial charge in [0.2, 0.25) is 0 Å². The van der Waals surface area contributed by atoms with Crippen LogP contribution in [0.4, 0.5) is 5.82 Å². The molecule has 0 aromatic carbocycles. The molecule has 1 aromatic heterocycles. The third-order valence-corrected chi connectivity index (χ3v) is 4.47. The van der Waals surface area contributed by atoms with Gasteiger partial charge in [-0.05, 0) is 19.4 Å². The second kappa shape index (κ2) is 5.63. The van der Waals surface area contributed by atoms with Crippen LogP contribution in [0.15, 0.2) is 6.07 Å². The van der Waals surface area contributed by atoms with Crippen LogP contribution in [0.5, 0.6) is 0 Å². The maximum atomic E-state index is 9.41. The highest BCUT2D eigenvalue weighted by molar-refractivity contribution is 5.56. The molecule has 0 radical (unpaired) electrons. The summed E-state index contributed by atoms with van der Waals surface area (Å²) in [6.45, 7) is 7.79. The summed E-state index contributed by atoms with van der Waals surface area (Å²) in [4.78, 5) is 6.97. The lowest BCUT2D eigenvalue weighted by Gasteiger charge is -2.35. The topological polar surface area (TPSA) is 58.4 Å². The molecule has 21 heavy (non-hydrogen) atoms. The molecule has 5 nitrogen and oxygen atoms in total. The zero-order chi connectivity index (χ0) is 14.9. The third-order valence-electron chi connectivity index (χ3n) is 4.47. The minimum absolute atomic E-state index is 0.142. The average molecular weight is 287 g/mol. The van der Waals surface area contributed by atoms with Crippen molar-refractivity contribution in [3.63, 3.8) is 0 Å². The first kappa shape index (κ1) is 14.3. The summed E-state index contributed by atoms with van der Waals surface area (Å²) in [5.41, 5.74) is 2.62. The van der Waals surface area contributed by atoms with E-state index in [0.717, 1.165) is 43.0 Å². The fraction of sp³-hybridized carbons (Fsp3) is 0.625. The van der Waals surface area contributed by atoms with Crippen molar-refractivity contribution in [1.82, 2.24) is 4.98 Å². The molecular formula is C16H21N3O2. The molecule has 2 aliphatic heterocycles. The van der Waals surface area contributed by atoms with Gasteiger partial charge in [-0.3, -0.25) is 0 Å². The van der Waals surface area contributed by atoms with Crippen molar-refractivity contribution in [3.8, 4) is 6.07 Å². The number of hydrogen-bond acceptors (Lipinski definition) is 5. The molecule has 1 fully saturated rings. The Morgan fingerprint density at radius 3 is 2.86 bits per heavy atom. The number of morpholine rings is 1. The summed E-state index contributed by atoms with van der Waals surface area (Å²) in [5, 5.41) is 9.41. The van der Waals surface area contributed by atoms with Gasteiger partial charge in [0.15, 0.2) is 0 Å². The van der Waals surface area contributed by atoms with Crippen LogP contribution >= 0.6 is 0 Å². The number of fused-ring (bicyclic) bond motifs is 1. The number of anilines is 1. The van der Waals surface area contributed by atoms with Gasteiger partial charge in [0.1, 0.15) is 11.9 Å². The molecule has 0 N–H and O–H groups in total. The fourth-order valence-corrected chi connectivity index (χ4v) is 2.84. The largest absolute Gasteiger partial charge is 0.378 e. The number of nitrogens with zero attached hydrogens (tertiary/aromatic N) is 3. The minimum atomic E-state index is -0.142. The molecule has 3 heterocycles. The summed E-state index contributed by atoms with van der Waals surface area (Å²) in [6.07, 6.45) is 1.77. The fourth-order valence-electron chi connectivity index (χ4n) is 2.84. The van der Waals surface area contributed by atoms with Crippen molar-refractivity contribution in [3.05, 3.63) is 22.9 Å². The summed E-state index contributed by atoms with van der Waals surface area (Å²) in [7, 11) is 0. The molecule has 112 valence electrons. The van der Waals surface area contributed by atoms with Crippen LogP contribution in [0.25, 0.3) is 0 Å². The van der Waals surface area contributed by atoms with Crippen LogP contribution in [-0.4, -0.2) is 36.9 Å². The first-order valence-electron chi connectivity index (χ1n) is 7.55. The van der Waals surface area contributed by atoms with Crippen LogP contribution in [0.1, 0.15) is 37.1 Å². The van der Waals surface area contributed by atoms with E-state index in [0.29, 0.717) is 25.4 Å². The Hall–Kier alpha value is -1.64. The molecule has 0 amide bonds. The lowest BCUT2D eigenvalue weighted by Crippen LogP contribution is -2.39. The minimum Gasteiger partial charge on any atom is -0.378 e. The Morgan fingerprint density at radius 2 is 2.19 bits per heavy atom. The first-order chi connectivity index (χ1) is 10.1. The Bertz CT molecular complexity index is 576. The Morgan fingerprint density at radius 1 is 1.43 bits per heavy atom. The lowest BCUT2D eigenvalue weighted by molar-refractivity contribution is -0.0574. The van der Waals surface area contributed by atoms with Crippen LogP contribution in [0.2, 0.25) is 0 Å². The molecule has 1 saturated heterocycles. The van der Waals surface area contributed by atoms with Gasteiger partial charge in [0.05, 0.1) is 36.7 Å². The van der Waals surface area contributed by atoms with Crippen molar-refractivity contribution in [2.45, 2.75) is 38.9 Å². The molecule has 2 aliphatic rings. The first-order valence-corrected chi connectivity index (χ1v) is 7.55. The van der Waals surface area contributed by atoms with Crippen LogP contribution < -0.4 is 4.90 Å². The zero-order valence-corrected chi connectivity index (χ0v) is 12.7. The number of rotatable bonds is 2. The molecule has 1 aromatic rings. The quantitative estimate of drug-likeness (QED) is 0.833. The number of hydrogen-bond donors (Lipinski definition) is 0. The van der Waals surface area contributed by atoms with Gasteiger partial charge in [-0.25, -0.2) is 4.98 Å². The van der Waals surface area contributed by atoms with Gasteiger partial charge in [-0.15, -0.1) is 0 Å². The lowest BCUT2D eigenvalue weighted by atomic mass is 9.91.